The van der Waals surface area contributed by atoms with E-state index in [1.165, 1.54) is 0 Å². The molecule has 0 atom stereocenters. The number of amides is 1. The number of hydrogen-bond donors (Lipinski definition) is 1. The molecule has 126 valence electrons. The highest BCUT2D eigenvalue weighted by molar-refractivity contribution is 6.31. The summed E-state index contributed by atoms with van der Waals surface area (Å²) in [6.45, 7) is 0. The molecule has 0 radical (unpaired) electrons. The van der Waals surface area contributed by atoms with Gasteiger partial charge in [-0.15, -0.1) is 0 Å². The fourth-order valence-electron chi connectivity index (χ4n) is 2.95. The molecule has 2 aromatic carbocycles. The molecule has 5 nitrogen and oxygen atoms in total. The van der Waals surface area contributed by atoms with Crippen LogP contribution in [0.25, 0.3) is 21.9 Å². The number of anilines is 1. The van der Waals surface area contributed by atoms with Crippen LogP contribution < -0.4 is 10.1 Å². The molecule has 25 heavy (non-hydrogen) atoms. The van der Waals surface area contributed by atoms with Gasteiger partial charge in [0.05, 0.1) is 17.8 Å². The first-order valence-corrected chi connectivity index (χ1v) is 8.07. The molecule has 2 heterocycles. The van der Waals surface area contributed by atoms with Crippen molar-refractivity contribution < 1.29 is 13.9 Å². The van der Waals surface area contributed by atoms with Crippen LogP contribution in [0.5, 0.6) is 5.75 Å². The lowest BCUT2D eigenvalue weighted by molar-refractivity contribution is 0.101. The van der Waals surface area contributed by atoms with Gasteiger partial charge in [-0.2, -0.15) is 0 Å². The molecule has 1 amide bonds. The number of benzene rings is 2. The maximum Gasteiger partial charge on any atom is 0.272 e. The van der Waals surface area contributed by atoms with Gasteiger partial charge in [0.25, 0.3) is 5.91 Å². The number of aromatic nitrogens is 1. The highest BCUT2D eigenvalue weighted by Gasteiger charge is 2.16. The Kier molecular flexibility index (Phi) is 3.66. The maximum atomic E-state index is 12.5. The van der Waals surface area contributed by atoms with Crippen molar-refractivity contribution in [1.29, 1.82) is 0 Å². The number of aryl methyl sites for hydroxylation is 1. The zero-order valence-corrected chi connectivity index (χ0v) is 14.4. The lowest BCUT2D eigenvalue weighted by atomic mass is 10.1. The van der Waals surface area contributed by atoms with Gasteiger partial charge in [-0.25, -0.2) is 0 Å². The lowest BCUT2D eigenvalue weighted by Crippen LogP contribution is -2.15. The van der Waals surface area contributed by atoms with E-state index in [0.717, 1.165) is 16.4 Å². The van der Waals surface area contributed by atoms with Crippen molar-refractivity contribution in [3.8, 4) is 5.75 Å². The first-order chi connectivity index (χ1) is 12.1. The molecule has 4 aromatic rings. The zero-order chi connectivity index (χ0) is 17.6. The predicted octanol–water partition coefficient (Wildman–Crippen LogP) is 4.84. The number of ether oxygens (including phenoxy) is 1. The molecule has 6 heteroatoms. The van der Waals surface area contributed by atoms with E-state index in [9.17, 15) is 4.79 Å². The quantitative estimate of drug-likeness (QED) is 0.572. The van der Waals surface area contributed by atoms with Crippen LogP contribution in [-0.2, 0) is 7.05 Å². The van der Waals surface area contributed by atoms with Crippen LogP contribution in [-0.4, -0.2) is 17.6 Å². The fourth-order valence-corrected chi connectivity index (χ4v) is 3.20. The minimum Gasteiger partial charge on any atom is -0.495 e. The molecular weight excluding hydrogens is 340 g/mol. The molecule has 0 aliphatic carbocycles. The molecule has 0 saturated carbocycles. The summed E-state index contributed by atoms with van der Waals surface area (Å²) in [5.41, 5.74) is 2.47. The summed E-state index contributed by atoms with van der Waals surface area (Å²) in [6, 6.07) is 13.0. The number of para-hydroxylation sites is 1. The zero-order valence-electron chi connectivity index (χ0n) is 13.7. The first-order valence-electron chi connectivity index (χ1n) is 7.69. The van der Waals surface area contributed by atoms with Gasteiger partial charge in [-0.05, 0) is 18.2 Å². The number of nitrogens with zero attached hydrogens (tertiary/aromatic N) is 1. The highest BCUT2D eigenvalue weighted by Crippen LogP contribution is 2.36. The van der Waals surface area contributed by atoms with Gasteiger partial charge in [-0.3, -0.25) is 4.79 Å². The van der Waals surface area contributed by atoms with E-state index >= 15 is 0 Å². The number of fused-ring (bicyclic) bond motifs is 3. The third-order valence-electron chi connectivity index (χ3n) is 4.15. The first kappa shape index (κ1) is 15.6. The monoisotopic (exact) mass is 354 g/mol. The second kappa shape index (κ2) is 5.86. The van der Waals surface area contributed by atoms with E-state index in [1.54, 1.807) is 37.1 Å². The summed E-state index contributed by atoms with van der Waals surface area (Å²) in [6.07, 6.45) is 1.68. The van der Waals surface area contributed by atoms with E-state index in [1.807, 2.05) is 30.3 Å². The molecule has 0 unspecified atom stereocenters. The van der Waals surface area contributed by atoms with E-state index < -0.39 is 0 Å². The highest BCUT2D eigenvalue weighted by atomic mass is 35.5. The maximum absolute atomic E-state index is 12.5. The molecule has 2 aromatic heterocycles. The Morgan fingerprint density at radius 3 is 2.68 bits per heavy atom. The Hall–Kier alpha value is -2.92. The van der Waals surface area contributed by atoms with Crippen LogP contribution in [0.4, 0.5) is 5.69 Å². The number of furan rings is 1. The Balaban J connectivity index is 1.79. The van der Waals surface area contributed by atoms with Crippen LogP contribution in [0.1, 0.15) is 10.5 Å². The molecular formula is C19H15ClN2O3. The summed E-state index contributed by atoms with van der Waals surface area (Å²) in [7, 11) is 3.33. The van der Waals surface area contributed by atoms with Gasteiger partial charge < -0.3 is 19.0 Å². The van der Waals surface area contributed by atoms with Crippen molar-refractivity contribution in [3.63, 3.8) is 0 Å². The third kappa shape index (κ3) is 2.62. The minimum absolute atomic E-state index is 0.275. The summed E-state index contributed by atoms with van der Waals surface area (Å²) in [5, 5.41) is 5.31. The number of halogens is 1. The SMILES string of the molecule is COc1cc2c(cc1NC(=O)c1cc(Cl)cn1C)oc1ccccc12. The fraction of sp³-hybridized carbons (Fsp3) is 0.105. The Morgan fingerprint density at radius 2 is 1.96 bits per heavy atom. The second-order valence-electron chi connectivity index (χ2n) is 5.76. The van der Waals surface area contributed by atoms with Crippen LogP contribution in [0.3, 0.4) is 0 Å². The van der Waals surface area contributed by atoms with Crippen molar-refractivity contribution >= 4 is 45.1 Å². The Bertz CT molecular complexity index is 1110. The molecule has 0 aliphatic rings. The molecule has 1 N–H and O–H groups in total. The van der Waals surface area contributed by atoms with E-state index in [0.29, 0.717) is 27.7 Å². The lowest BCUT2D eigenvalue weighted by Gasteiger charge is -2.10. The summed E-state index contributed by atoms with van der Waals surface area (Å²) in [5.74, 6) is 0.288. The molecule has 0 bridgehead atoms. The number of carbonyl (C=O) groups excluding carboxylic acids is 1. The smallest absolute Gasteiger partial charge is 0.272 e. The Labute approximate surface area is 148 Å². The normalized spacial score (nSPS) is 11.2. The molecule has 0 spiro atoms. The summed E-state index contributed by atoms with van der Waals surface area (Å²) >= 11 is 5.95. The molecule has 0 saturated heterocycles. The van der Waals surface area contributed by atoms with E-state index in [-0.39, 0.29) is 5.91 Å². The van der Waals surface area contributed by atoms with Gasteiger partial charge in [-0.1, -0.05) is 29.8 Å². The van der Waals surface area contributed by atoms with E-state index in [4.69, 9.17) is 20.8 Å². The third-order valence-corrected chi connectivity index (χ3v) is 4.36. The van der Waals surface area contributed by atoms with Crippen LogP contribution >= 0.6 is 11.6 Å². The van der Waals surface area contributed by atoms with Crippen molar-refractivity contribution in [1.82, 2.24) is 4.57 Å². The van der Waals surface area contributed by atoms with Gasteiger partial charge in [0.15, 0.2) is 0 Å². The van der Waals surface area contributed by atoms with Crippen LogP contribution in [0, 0.1) is 0 Å². The number of hydrogen-bond acceptors (Lipinski definition) is 3. The van der Waals surface area contributed by atoms with E-state index in [2.05, 4.69) is 5.32 Å². The summed E-state index contributed by atoms with van der Waals surface area (Å²) < 4.78 is 13.0. The minimum atomic E-state index is -0.275. The van der Waals surface area contributed by atoms with Gasteiger partial charge in [0, 0.05) is 30.1 Å². The second-order valence-corrected chi connectivity index (χ2v) is 6.19. The number of rotatable bonds is 3. The van der Waals surface area contributed by atoms with Gasteiger partial charge in [0.2, 0.25) is 0 Å². The standard InChI is InChI=1S/C19H15ClN2O3/c1-22-10-11(20)7-15(22)19(23)21-14-9-17-13(8-18(14)24-2)12-5-3-4-6-16(12)25-17/h3-10H,1-2H3,(H,21,23). The van der Waals surface area contributed by atoms with Crippen molar-refractivity contribution in [2.24, 2.45) is 7.05 Å². The average molecular weight is 355 g/mol. The molecule has 0 aliphatic heterocycles. The number of methoxy groups -OCH3 is 1. The van der Waals surface area contributed by atoms with Gasteiger partial charge in [0.1, 0.15) is 22.6 Å². The predicted molar refractivity (Wildman–Crippen MR) is 98.6 cm³/mol. The van der Waals surface area contributed by atoms with Crippen LogP contribution in [0.2, 0.25) is 5.02 Å². The molecule has 4 rings (SSSR count). The largest absolute Gasteiger partial charge is 0.495 e. The Morgan fingerprint density at radius 1 is 1.16 bits per heavy atom. The van der Waals surface area contributed by atoms with Gasteiger partial charge >= 0.3 is 0 Å². The van der Waals surface area contributed by atoms with Crippen molar-refractivity contribution in [2.45, 2.75) is 0 Å². The van der Waals surface area contributed by atoms with Crippen LogP contribution in [0.15, 0.2) is 53.1 Å². The number of carbonyl (C=O) groups is 1. The van der Waals surface area contributed by atoms with Crippen molar-refractivity contribution in [2.75, 3.05) is 12.4 Å². The number of nitrogens with one attached hydrogen (secondary N) is 1. The topological polar surface area (TPSA) is 56.4 Å². The average Bonchev–Trinajstić information content (AvgIpc) is 3.12. The molecule has 0 fully saturated rings. The summed E-state index contributed by atoms with van der Waals surface area (Å²) in [4.78, 5) is 12.5. The van der Waals surface area contributed by atoms with Crippen molar-refractivity contribution in [3.05, 3.63) is 59.4 Å².